The summed E-state index contributed by atoms with van der Waals surface area (Å²) in [5, 5.41) is 30.8. The number of sulfonamides is 1. The molecule has 3 aromatic rings. The molecule has 0 atom stereocenters. The van der Waals surface area contributed by atoms with Gasteiger partial charge in [-0.3, -0.25) is 4.79 Å². The molecule has 5 rings (SSSR count). The number of aromatic hydroxyl groups is 1. The van der Waals surface area contributed by atoms with Gasteiger partial charge >= 0.3 is 5.97 Å². The van der Waals surface area contributed by atoms with Gasteiger partial charge in [-0.2, -0.15) is 0 Å². The molecule has 0 unspecified atom stereocenters. The van der Waals surface area contributed by atoms with Gasteiger partial charge in [0.15, 0.2) is 10.5 Å². The Balaban J connectivity index is 1.54. The standard InChI is InChI=1S/C27H18FN3O7S2/c28-21-12-16(40(29,36)37)4-8-22(21)31-27(39)30-13-1-5-17(20(9-13)26(34)35)25-18-6-2-14(32)10-23(18)38-24-11-15(33)3-7-19(24)25/h1-12,32H,(H,34,35)(H2,29,36,37)(H2,30,31,39). The lowest BCUT2D eigenvalue weighted by atomic mass is 9.90. The van der Waals surface area contributed by atoms with Crippen molar-refractivity contribution in [2.75, 3.05) is 10.6 Å². The van der Waals surface area contributed by atoms with Gasteiger partial charge in [0.1, 0.15) is 22.9 Å². The van der Waals surface area contributed by atoms with Crippen LogP contribution >= 0.6 is 12.2 Å². The summed E-state index contributed by atoms with van der Waals surface area (Å²) in [6.07, 6.45) is 0. The van der Waals surface area contributed by atoms with Crippen molar-refractivity contribution in [2.24, 2.45) is 5.14 Å². The largest absolute Gasteiger partial charge is 0.508 e. The average molecular weight is 580 g/mol. The van der Waals surface area contributed by atoms with E-state index in [1.807, 2.05) is 0 Å². The summed E-state index contributed by atoms with van der Waals surface area (Å²) in [6.45, 7) is 0. The molecule has 1 aliphatic heterocycles. The Kier molecular flexibility index (Phi) is 6.71. The molecular weight excluding hydrogens is 561 g/mol. The van der Waals surface area contributed by atoms with E-state index in [4.69, 9.17) is 21.8 Å². The molecule has 0 bridgehead atoms. The lowest BCUT2D eigenvalue weighted by molar-refractivity contribution is 0.0697. The minimum Gasteiger partial charge on any atom is -0.508 e. The number of phenolic OH excluding ortho intramolecular Hbond substituents is 1. The highest BCUT2D eigenvalue weighted by Crippen LogP contribution is 2.42. The number of benzene rings is 4. The molecule has 202 valence electrons. The van der Waals surface area contributed by atoms with Crippen LogP contribution in [-0.2, 0) is 10.0 Å². The minimum absolute atomic E-state index is 0.0745. The number of aromatic carboxylic acids is 1. The summed E-state index contributed by atoms with van der Waals surface area (Å²) in [5.41, 5.74) is 1.20. The zero-order chi connectivity index (χ0) is 28.8. The van der Waals surface area contributed by atoms with Crippen LogP contribution in [0.3, 0.4) is 0 Å². The molecule has 0 saturated carbocycles. The first kappa shape index (κ1) is 26.7. The molecule has 6 N–H and O–H groups in total. The minimum atomic E-state index is -4.10. The van der Waals surface area contributed by atoms with E-state index in [2.05, 4.69) is 10.6 Å². The Labute approximate surface area is 230 Å². The normalized spacial score (nSPS) is 11.4. The van der Waals surface area contributed by atoms with Gasteiger partial charge in [-0.1, -0.05) is 6.07 Å². The molecule has 2 aliphatic rings. The van der Waals surface area contributed by atoms with Crippen molar-refractivity contribution < 1.29 is 32.2 Å². The molecule has 1 heterocycles. The third-order valence-corrected chi connectivity index (χ3v) is 7.09. The van der Waals surface area contributed by atoms with Crippen molar-refractivity contribution in [1.82, 2.24) is 0 Å². The highest BCUT2D eigenvalue weighted by atomic mass is 32.2. The van der Waals surface area contributed by atoms with E-state index in [1.165, 1.54) is 36.4 Å². The van der Waals surface area contributed by atoms with Crippen LogP contribution in [0.2, 0.25) is 0 Å². The lowest BCUT2D eigenvalue weighted by Crippen LogP contribution is -2.20. The van der Waals surface area contributed by atoms with E-state index in [0.717, 1.165) is 18.2 Å². The number of fused-ring (bicyclic) bond motifs is 2. The Hall–Kier alpha value is -4.85. The second-order valence-corrected chi connectivity index (χ2v) is 10.6. The summed E-state index contributed by atoms with van der Waals surface area (Å²) in [4.78, 5) is 23.9. The molecule has 0 spiro atoms. The van der Waals surface area contributed by atoms with Crippen LogP contribution in [0.4, 0.5) is 15.8 Å². The number of carboxylic acids is 1. The number of rotatable bonds is 5. The summed E-state index contributed by atoms with van der Waals surface area (Å²) in [6, 6.07) is 16.0. The monoisotopic (exact) mass is 579 g/mol. The third-order valence-electron chi connectivity index (χ3n) is 5.97. The highest BCUT2D eigenvalue weighted by molar-refractivity contribution is 7.89. The van der Waals surface area contributed by atoms with Crippen LogP contribution < -0.4 is 21.2 Å². The first-order chi connectivity index (χ1) is 18.9. The number of halogens is 1. The zero-order valence-corrected chi connectivity index (χ0v) is 21.8. The van der Waals surface area contributed by atoms with Gasteiger partial charge in [0, 0.05) is 34.3 Å². The maximum absolute atomic E-state index is 14.4. The quantitative estimate of drug-likeness (QED) is 0.147. The first-order valence-corrected chi connectivity index (χ1v) is 13.3. The predicted octanol–water partition coefficient (Wildman–Crippen LogP) is 4.56. The van der Waals surface area contributed by atoms with E-state index in [0.29, 0.717) is 22.1 Å². The lowest BCUT2D eigenvalue weighted by Gasteiger charge is -2.18. The molecule has 40 heavy (non-hydrogen) atoms. The number of primary sulfonamides is 1. The number of anilines is 2. The molecule has 0 fully saturated rings. The summed E-state index contributed by atoms with van der Waals surface area (Å²) in [7, 11) is -4.10. The number of hydrogen-bond donors (Lipinski definition) is 5. The molecule has 13 heteroatoms. The molecule has 0 radical (unpaired) electrons. The van der Waals surface area contributed by atoms with Crippen molar-refractivity contribution in [3.8, 4) is 28.2 Å². The Morgan fingerprint density at radius 3 is 2.40 bits per heavy atom. The second-order valence-electron chi connectivity index (χ2n) is 8.65. The first-order valence-electron chi connectivity index (χ1n) is 11.4. The summed E-state index contributed by atoms with van der Waals surface area (Å²) < 4.78 is 43.1. The van der Waals surface area contributed by atoms with Crippen LogP contribution in [0.5, 0.6) is 5.75 Å². The van der Waals surface area contributed by atoms with Crippen LogP contribution in [-0.4, -0.2) is 29.7 Å². The molecule has 10 nitrogen and oxygen atoms in total. The molecule has 0 saturated heterocycles. The SMILES string of the molecule is NS(=O)(=O)c1ccc(NC(=S)Nc2ccc(-c3c4ccc(=O)cc-4oc4cc(O)ccc34)c(C(=O)O)c2)c(F)c1. The number of thiocarbonyl (C=S) groups is 1. The Bertz CT molecular complexity index is 1990. The van der Waals surface area contributed by atoms with Gasteiger partial charge in [0.05, 0.1) is 16.1 Å². The zero-order valence-electron chi connectivity index (χ0n) is 20.1. The molecule has 0 amide bonds. The number of carboxylic acid groups (broad SMARTS) is 1. The van der Waals surface area contributed by atoms with Gasteiger partial charge in [-0.05, 0) is 72.4 Å². The molecule has 3 aromatic carbocycles. The summed E-state index contributed by atoms with van der Waals surface area (Å²) in [5.74, 6) is -2.05. The van der Waals surface area contributed by atoms with Gasteiger partial charge < -0.3 is 25.3 Å². The molecule has 0 aromatic heterocycles. The second kappa shape index (κ2) is 10.0. The maximum atomic E-state index is 14.4. The molecular formula is C27H18FN3O7S2. The van der Waals surface area contributed by atoms with Crippen LogP contribution in [0.1, 0.15) is 10.4 Å². The van der Waals surface area contributed by atoms with Crippen LogP contribution in [0, 0.1) is 5.82 Å². The van der Waals surface area contributed by atoms with Crippen LogP contribution in [0.25, 0.3) is 33.4 Å². The van der Waals surface area contributed by atoms with E-state index >= 15 is 0 Å². The van der Waals surface area contributed by atoms with Crippen molar-refractivity contribution in [3.63, 3.8) is 0 Å². The number of hydrogen-bond acceptors (Lipinski definition) is 7. The number of carbonyl (C=O) groups is 1. The average Bonchev–Trinajstić information content (AvgIpc) is 2.87. The summed E-state index contributed by atoms with van der Waals surface area (Å²) >= 11 is 5.23. The van der Waals surface area contributed by atoms with Gasteiger partial charge in [0.2, 0.25) is 10.0 Å². The fourth-order valence-electron chi connectivity index (χ4n) is 4.23. The van der Waals surface area contributed by atoms with Crippen LogP contribution in [0.15, 0.2) is 86.9 Å². The van der Waals surface area contributed by atoms with E-state index in [9.17, 15) is 32.6 Å². The van der Waals surface area contributed by atoms with Gasteiger partial charge in [-0.25, -0.2) is 22.7 Å². The topological polar surface area (TPSA) is 172 Å². The Morgan fingerprint density at radius 1 is 0.950 bits per heavy atom. The van der Waals surface area contributed by atoms with Gasteiger partial charge in [-0.15, -0.1) is 0 Å². The molecule has 1 aliphatic carbocycles. The number of nitrogens with one attached hydrogen (secondary N) is 2. The highest BCUT2D eigenvalue weighted by Gasteiger charge is 2.22. The van der Waals surface area contributed by atoms with Crippen molar-refractivity contribution >= 4 is 55.7 Å². The Morgan fingerprint density at radius 2 is 1.70 bits per heavy atom. The van der Waals surface area contributed by atoms with Gasteiger partial charge in [0.25, 0.3) is 0 Å². The van der Waals surface area contributed by atoms with E-state index in [1.54, 1.807) is 18.2 Å². The van der Waals surface area contributed by atoms with E-state index < -0.39 is 26.7 Å². The fourth-order valence-corrected chi connectivity index (χ4v) is 4.98. The van der Waals surface area contributed by atoms with Crippen molar-refractivity contribution in [3.05, 3.63) is 94.4 Å². The van der Waals surface area contributed by atoms with Crippen molar-refractivity contribution in [1.29, 1.82) is 0 Å². The third kappa shape index (κ3) is 5.20. The number of phenols is 1. The number of nitrogens with two attached hydrogens (primary N) is 1. The maximum Gasteiger partial charge on any atom is 0.336 e. The smallest absolute Gasteiger partial charge is 0.336 e. The van der Waals surface area contributed by atoms with Crippen molar-refractivity contribution in [2.45, 2.75) is 4.90 Å². The fraction of sp³-hybridized carbons (Fsp3) is 0. The predicted molar refractivity (Wildman–Crippen MR) is 151 cm³/mol. The van der Waals surface area contributed by atoms with E-state index in [-0.39, 0.29) is 44.6 Å².